The Balaban J connectivity index is 1.57. The molecule has 0 bridgehead atoms. The fourth-order valence-corrected chi connectivity index (χ4v) is 3.42. The topological polar surface area (TPSA) is 75.3 Å². The number of fused-ring (bicyclic) bond motifs is 1. The first-order valence-corrected chi connectivity index (χ1v) is 9.22. The third-order valence-corrected chi connectivity index (χ3v) is 4.99. The minimum absolute atomic E-state index is 0.0462. The van der Waals surface area contributed by atoms with E-state index in [1.165, 1.54) is 0 Å². The zero-order valence-corrected chi connectivity index (χ0v) is 15.6. The largest absolute Gasteiger partial charge is 0.497 e. The summed E-state index contributed by atoms with van der Waals surface area (Å²) < 4.78 is 5.17. The van der Waals surface area contributed by atoms with E-state index in [1.54, 1.807) is 12.0 Å². The Morgan fingerprint density at radius 1 is 1.14 bits per heavy atom. The summed E-state index contributed by atoms with van der Waals surface area (Å²) in [6, 6.07) is 17.0. The van der Waals surface area contributed by atoms with E-state index in [-0.39, 0.29) is 11.5 Å². The highest BCUT2D eigenvalue weighted by molar-refractivity contribution is 5.79. The number of hydrogen-bond donors (Lipinski definition) is 1. The number of H-pyrrole nitrogens is 1. The molecule has 2 aromatic carbocycles. The summed E-state index contributed by atoms with van der Waals surface area (Å²) >= 11 is 0. The molecular formula is C22H21N3O3. The Morgan fingerprint density at radius 2 is 1.89 bits per heavy atom. The van der Waals surface area contributed by atoms with Gasteiger partial charge in [-0.25, -0.2) is 4.98 Å². The molecule has 0 saturated heterocycles. The summed E-state index contributed by atoms with van der Waals surface area (Å²) in [5.41, 5.74) is 2.98. The average Bonchev–Trinajstić information content (AvgIpc) is 2.74. The molecule has 0 aliphatic carbocycles. The molecule has 1 N–H and O–H groups in total. The molecule has 6 heteroatoms. The van der Waals surface area contributed by atoms with E-state index in [0.29, 0.717) is 43.0 Å². The van der Waals surface area contributed by atoms with Crippen LogP contribution in [0, 0.1) is 0 Å². The molecule has 4 rings (SSSR count). The summed E-state index contributed by atoms with van der Waals surface area (Å²) in [7, 11) is 1.61. The maximum Gasteiger partial charge on any atom is 0.254 e. The first-order valence-electron chi connectivity index (χ1n) is 9.22. The van der Waals surface area contributed by atoms with Gasteiger partial charge in [0.25, 0.3) is 5.56 Å². The van der Waals surface area contributed by atoms with Crippen molar-refractivity contribution in [2.75, 3.05) is 13.7 Å². The lowest BCUT2D eigenvalue weighted by Gasteiger charge is -2.28. The second-order valence-electron chi connectivity index (χ2n) is 6.80. The van der Waals surface area contributed by atoms with Gasteiger partial charge in [-0.15, -0.1) is 0 Å². The van der Waals surface area contributed by atoms with E-state index in [2.05, 4.69) is 9.97 Å². The SMILES string of the molecule is COc1ccc(-c2nc3c(c(=O)[nH]2)CCN(C(=O)Cc2ccccc2)C3)cc1. The lowest BCUT2D eigenvalue weighted by molar-refractivity contribution is -0.131. The summed E-state index contributed by atoms with van der Waals surface area (Å²) in [5, 5.41) is 0. The Hall–Kier alpha value is -3.41. The third-order valence-electron chi connectivity index (χ3n) is 4.99. The van der Waals surface area contributed by atoms with Crippen LogP contribution in [0.25, 0.3) is 11.4 Å². The van der Waals surface area contributed by atoms with Crippen molar-refractivity contribution in [1.82, 2.24) is 14.9 Å². The normalized spacial score (nSPS) is 13.1. The smallest absolute Gasteiger partial charge is 0.254 e. The highest BCUT2D eigenvalue weighted by Gasteiger charge is 2.24. The van der Waals surface area contributed by atoms with Gasteiger partial charge in [-0.3, -0.25) is 9.59 Å². The highest BCUT2D eigenvalue weighted by atomic mass is 16.5. The van der Waals surface area contributed by atoms with Gasteiger partial charge >= 0.3 is 0 Å². The number of nitrogens with one attached hydrogen (secondary N) is 1. The number of ether oxygens (including phenoxy) is 1. The molecule has 1 amide bonds. The molecule has 0 spiro atoms. The van der Waals surface area contributed by atoms with Gasteiger partial charge in [0.15, 0.2) is 0 Å². The summed E-state index contributed by atoms with van der Waals surface area (Å²) in [4.78, 5) is 34.5. The molecule has 28 heavy (non-hydrogen) atoms. The van der Waals surface area contributed by atoms with Crippen LogP contribution in [0.1, 0.15) is 16.8 Å². The van der Waals surface area contributed by atoms with Crippen molar-refractivity contribution < 1.29 is 9.53 Å². The zero-order valence-electron chi connectivity index (χ0n) is 15.6. The average molecular weight is 375 g/mol. The summed E-state index contributed by atoms with van der Waals surface area (Å²) in [6.45, 7) is 0.888. The van der Waals surface area contributed by atoms with E-state index >= 15 is 0 Å². The summed E-state index contributed by atoms with van der Waals surface area (Å²) in [6.07, 6.45) is 0.867. The number of nitrogens with zero attached hydrogens (tertiary/aromatic N) is 2. The maximum atomic E-state index is 12.7. The van der Waals surface area contributed by atoms with Gasteiger partial charge in [-0.2, -0.15) is 0 Å². The van der Waals surface area contributed by atoms with Gasteiger partial charge in [-0.05, 0) is 36.2 Å². The van der Waals surface area contributed by atoms with Crippen molar-refractivity contribution in [3.8, 4) is 17.1 Å². The van der Waals surface area contributed by atoms with Gasteiger partial charge in [0.1, 0.15) is 11.6 Å². The molecule has 1 aliphatic heterocycles. The van der Waals surface area contributed by atoms with E-state index < -0.39 is 0 Å². The van der Waals surface area contributed by atoms with Crippen LogP contribution in [0.3, 0.4) is 0 Å². The van der Waals surface area contributed by atoms with Gasteiger partial charge in [0.05, 0.1) is 25.8 Å². The first kappa shape index (κ1) is 18.0. The predicted octanol–water partition coefficient (Wildman–Crippen LogP) is 2.57. The van der Waals surface area contributed by atoms with E-state index in [0.717, 1.165) is 16.9 Å². The van der Waals surface area contributed by atoms with Gasteiger partial charge < -0.3 is 14.6 Å². The van der Waals surface area contributed by atoms with Crippen molar-refractivity contribution in [1.29, 1.82) is 0 Å². The molecule has 0 atom stereocenters. The highest BCUT2D eigenvalue weighted by Crippen LogP contribution is 2.21. The molecule has 142 valence electrons. The van der Waals surface area contributed by atoms with Crippen molar-refractivity contribution in [3.63, 3.8) is 0 Å². The van der Waals surface area contributed by atoms with Crippen LogP contribution in [0.4, 0.5) is 0 Å². The second-order valence-corrected chi connectivity index (χ2v) is 6.80. The van der Waals surface area contributed by atoms with Gasteiger partial charge in [0.2, 0.25) is 5.91 Å². The number of aromatic amines is 1. The maximum absolute atomic E-state index is 12.7. The zero-order chi connectivity index (χ0) is 19.5. The Morgan fingerprint density at radius 3 is 2.61 bits per heavy atom. The Kier molecular flexibility index (Phi) is 4.93. The number of benzene rings is 2. The molecule has 3 aromatic rings. The number of carbonyl (C=O) groups excluding carboxylic acids is 1. The number of aromatic nitrogens is 2. The van der Waals surface area contributed by atoms with Crippen LogP contribution in [0.2, 0.25) is 0 Å². The molecule has 1 aliphatic rings. The Labute approximate surface area is 162 Å². The van der Waals surface area contributed by atoms with Gasteiger partial charge in [0, 0.05) is 17.7 Å². The van der Waals surface area contributed by atoms with Crippen LogP contribution in [0.15, 0.2) is 59.4 Å². The van der Waals surface area contributed by atoms with E-state index in [4.69, 9.17) is 4.74 Å². The molecule has 0 radical (unpaired) electrons. The van der Waals surface area contributed by atoms with E-state index in [9.17, 15) is 9.59 Å². The van der Waals surface area contributed by atoms with Crippen LogP contribution >= 0.6 is 0 Å². The molecular weight excluding hydrogens is 354 g/mol. The van der Waals surface area contributed by atoms with E-state index in [1.807, 2.05) is 54.6 Å². The Bertz CT molecular complexity index is 1040. The van der Waals surface area contributed by atoms with Crippen molar-refractivity contribution in [3.05, 3.63) is 81.8 Å². The van der Waals surface area contributed by atoms with Crippen molar-refractivity contribution in [2.24, 2.45) is 0 Å². The molecule has 1 aromatic heterocycles. The molecule has 0 unspecified atom stereocenters. The number of amides is 1. The first-order chi connectivity index (χ1) is 13.6. The molecule has 0 saturated carbocycles. The molecule has 6 nitrogen and oxygen atoms in total. The lowest BCUT2D eigenvalue weighted by Crippen LogP contribution is -2.39. The number of methoxy groups -OCH3 is 1. The van der Waals surface area contributed by atoms with Crippen molar-refractivity contribution in [2.45, 2.75) is 19.4 Å². The minimum atomic E-state index is -0.133. The number of carbonyl (C=O) groups is 1. The number of rotatable bonds is 4. The molecule has 2 heterocycles. The fraction of sp³-hybridized carbons (Fsp3) is 0.227. The third kappa shape index (κ3) is 3.67. The van der Waals surface area contributed by atoms with Crippen LogP contribution < -0.4 is 10.3 Å². The summed E-state index contributed by atoms with van der Waals surface area (Å²) in [5.74, 6) is 1.29. The minimum Gasteiger partial charge on any atom is -0.497 e. The fourth-order valence-electron chi connectivity index (χ4n) is 3.42. The molecule has 0 fully saturated rings. The quantitative estimate of drug-likeness (QED) is 0.761. The van der Waals surface area contributed by atoms with Crippen LogP contribution in [-0.4, -0.2) is 34.4 Å². The number of hydrogen-bond acceptors (Lipinski definition) is 4. The van der Waals surface area contributed by atoms with Crippen LogP contribution in [-0.2, 0) is 24.2 Å². The lowest BCUT2D eigenvalue weighted by atomic mass is 10.0. The van der Waals surface area contributed by atoms with Crippen molar-refractivity contribution >= 4 is 5.91 Å². The van der Waals surface area contributed by atoms with Crippen LogP contribution in [0.5, 0.6) is 5.75 Å². The predicted molar refractivity (Wildman–Crippen MR) is 106 cm³/mol. The monoisotopic (exact) mass is 375 g/mol. The standard InChI is InChI=1S/C22H21N3O3/c1-28-17-9-7-16(8-10-17)21-23-19-14-25(12-11-18(19)22(27)24-21)20(26)13-15-5-3-2-4-6-15/h2-10H,11-14H2,1H3,(H,23,24,27). The second kappa shape index (κ2) is 7.68. The van der Waals surface area contributed by atoms with Gasteiger partial charge in [-0.1, -0.05) is 30.3 Å².